The summed E-state index contributed by atoms with van der Waals surface area (Å²) in [5.74, 6) is -1.39. The summed E-state index contributed by atoms with van der Waals surface area (Å²) >= 11 is 0. The molecule has 1 atom stereocenters. The summed E-state index contributed by atoms with van der Waals surface area (Å²) in [5.41, 5.74) is 3.87. The summed E-state index contributed by atoms with van der Waals surface area (Å²) < 4.78 is 4.11. The number of nitrogens with one attached hydrogen (secondary N) is 3. The first-order valence-electron chi connectivity index (χ1n) is 11.2. The molecule has 1 unspecified atom stereocenters. The number of nitrogens with zero attached hydrogens (tertiary/aromatic N) is 2. The molecule has 0 aliphatic rings. The standard InChI is InChI=1S/C25H33N5O3/c1-29-14-4-6-21(29)17-26-13-3-8-23(25(32)33)28-24(31)20-11-9-19(10-12-20)16-27-18-22-7-5-15-30(22)2/h4-7,9-12,14-15,23,26-27H,3,8,13,16-18H2,1-2H3,(H,28,31)(H,32,33). The average Bonchev–Trinajstić information content (AvgIpc) is 3.40. The SMILES string of the molecule is Cn1cccc1CNCCCC(NC(=O)c1ccc(CNCc2cccn2C)cc1)C(=O)O. The maximum Gasteiger partial charge on any atom is 0.326 e. The Hall–Kier alpha value is -3.36. The van der Waals surface area contributed by atoms with Gasteiger partial charge in [-0.3, -0.25) is 4.79 Å². The van der Waals surface area contributed by atoms with Crippen LogP contribution in [0.25, 0.3) is 0 Å². The summed E-state index contributed by atoms with van der Waals surface area (Å²) in [6, 6.07) is 14.4. The number of benzene rings is 1. The fourth-order valence-electron chi connectivity index (χ4n) is 3.62. The van der Waals surface area contributed by atoms with Gasteiger partial charge in [0, 0.05) is 63.1 Å². The van der Waals surface area contributed by atoms with E-state index in [1.165, 1.54) is 5.69 Å². The number of carboxylic acids is 1. The lowest BCUT2D eigenvalue weighted by Gasteiger charge is -2.15. The Morgan fingerprint density at radius 3 is 2.03 bits per heavy atom. The zero-order valence-corrected chi connectivity index (χ0v) is 19.3. The molecular formula is C25H33N5O3. The third-order valence-corrected chi connectivity index (χ3v) is 5.71. The Kier molecular flexibility index (Phi) is 8.86. The molecule has 0 aliphatic carbocycles. The average molecular weight is 452 g/mol. The highest BCUT2D eigenvalue weighted by Crippen LogP contribution is 2.07. The van der Waals surface area contributed by atoms with E-state index in [-0.39, 0.29) is 5.91 Å². The maximum absolute atomic E-state index is 12.5. The van der Waals surface area contributed by atoms with E-state index in [1.807, 2.05) is 61.4 Å². The smallest absolute Gasteiger partial charge is 0.326 e. The minimum absolute atomic E-state index is 0.363. The zero-order valence-electron chi connectivity index (χ0n) is 19.3. The molecule has 1 amide bonds. The Labute approximate surface area is 194 Å². The van der Waals surface area contributed by atoms with Crippen LogP contribution < -0.4 is 16.0 Å². The maximum atomic E-state index is 12.5. The Balaban J connectivity index is 1.40. The molecule has 0 saturated heterocycles. The number of aliphatic carboxylic acids is 1. The van der Waals surface area contributed by atoms with Crippen LogP contribution in [0.15, 0.2) is 60.9 Å². The third kappa shape index (κ3) is 7.34. The molecule has 1 aromatic carbocycles. The van der Waals surface area contributed by atoms with Gasteiger partial charge in [-0.05, 0) is 61.3 Å². The van der Waals surface area contributed by atoms with Crippen molar-refractivity contribution < 1.29 is 14.7 Å². The fourth-order valence-corrected chi connectivity index (χ4v) is 3.62. The molecule has 3 aromatic rings. The second kappa shape index (κ2) is 12.0. The van der Waals surface area contributed by atoms with Crippen LogP contribution in [-0.4, -0.2) is 38.7 Å². The van der Waals surface area contributed by atoms with Crippen molar-refractivity contribution in [2.75, 3.05) is 6.54 Å². The Morgan fingerprint density at radius 2 is 1.48 bits per heavy atom. The first kappa shape index (κ1) is 24.3. The number of amides is 1. The summed E-state index contributed by atoms with van der Waals surface area (Å²) in [6.45, 7) is 2.84. The summed E-state index contributed by atoms with van der Waals surface area (Å²) in [4.78, 5) is 24.2. The van der Waals surface area contributed by atoms with Crippen molar-refractivity contribution in [2.45, 2.75) is 38.5 Å². The van der Waals surface area contributed by atoms with Gasteiger partial charge < -0.3 is 30.2 Å². The molecule has 0 radical (unpaired) electrons. The van der Waals surface area contributed by atoms with Gasteiger partial charge in [0.15, 0.2) is 0 Å². The molecular weight excluding hydrogens is 418 g/mol. The summed E-state index contributed by atoms with van der Waals surface area (Å²) in [6.07, 6.45) is 5.01. The highest BCUT2D eigenvalue weighted by Gasteiger charge is 2.20. The molecule has 33 heavy (non-hydrogen) atoms. The minimum Gasteiger partial charge on any atom is -0.480 e. The minimum atomic E-state index is -1.02. The molecule has 3 rings (SSSR count). The summed E-state index contributed by atoms with van der Waals surface area (Å²) in [7, 11) is 4.00. The van der Waals surface area contributed by atoms with Crippen LogP contribution in [0.4, 0.5) is 0 Å². The van der Waals surface area contributed by atoms with Gasteiger partial charge in [0.2, 0.25) is 0 Å². The van der Waals surface area contributed by atoms with Crippen LogP contribution in [0.5, 0.6) is 0 Å². The van der Waals surface area contributed by atoms with Gasteiger partial charge in [-0.1, -0.05) is 12.1 Å². The molecule has 0 bridgehead atoms. The molecule has 2 heterocycles. The second-order valence-electron chi connectivity index (χ2n) is 8.20. The monoisotopic (exact) mass is 451 g/mol. The van der Waals surface area contributed by atoms with E-state index in [9.17, 15) is 14.7 Å². The number of rotatable bonds is 13. The number of hydrogen-bond acceptors (Lipinski definition) is 4. The molecule has 0 aliphatic heterocycles. The molecule has 0 spiro atoms. The zero-order chi connectivity index (χ0) is 23.6. The molecule has 0 fully saturated rings. The topological polar surface area (TPSA) is 100 Å². The van der Waals surface area contributed by atoms with E-state index in [1.54, 1.807) is 12.1 Å². The van der Waals surface area contributed by atoms with Gasteiger partial charge >= 0.3 is 5.97 Å². The van der Waals surface area contributed by atoms with Gasteiger partial charge in [-0.25, -0.2) is 4.79 Å². The molecule has 2 aromatic heterocycles. The Morgan fingerprint density at radius 1 is 0.879 bits per heavy atom. The van der Waals surface area contributed by atoms with E-state index in [4.69, 9.17) is 0 Å². The number of carbonyl (C=O) groups excluding carboxylic acids is 1. The van der Waals surface area contributed by atoms with Gasteiger partial charge in [-0.2, -0.15) is 0 Å². The number of aromatic nitrogens is 2. The highest BCUT2D eigenvalue weighted by atomic mass is 16.4. The van der Waals surface area contributed by atoms with Crippen molar-refractivity contribution in [1.82, 2.24) is 25.1 Å². The fraction of sp³-hybridized carbons (Fsp3) is 0.360. The van der Waals surface area contributed by atoms with Gasteiger partial charge in [-0.15, -0.1) is 0 Å². The van der Waals surface area contributed by atoms with Crippen LogP contribution in [0.2, 0.25) is 0 Å². The number of carboxylic acid groups (broad SMARTS) is 1. The van der Waals surface area contributed by atoms with Crippen molar-refractivity contribution in [3.8, 4) is 0 Å². The predicted octanol–water partition coefficient (Wildman–Crippen LogP) is 2.41. The van der Waals surface area contributed by atoms with Crippen LogP contribution in [0.3, 0.4) is 0 Å². The van der Waals surface area contributed by atoms with E-state index in [0.717, 1.165) is 24.3 Å². The van der Waals surface area contributed by atoms with Crippen LogP contribution in [0, 0.1) is 0 Å². The lowest BCUT2D eigenvalue weighted by Crippen LogP contribution is -2.41. The first-order chi connectivity index (χ1) is 15.9. The number of carbonyl (C=O) groups is 2. The normalized spacial score (nSPS) is 11.9. The molecule has 8 heteroatoms. The molecule has 0 saturated carbocycles. The lowest BCUT2D eigenvalue weighted by molar-refractivity contribution is -0.139. The lowest BCUT2D eigenvalue weighted by atomic mass is 10.1. The van der Waals surface area contributed by atoms with E-state index in [0.29, 0.717) is 31.5 Å². The van der Waals surface area contributed by atoms with E-state index >= 15 is 0 Å². The van der Waals surface area contributed by atoms with Crippen LogP contribution in [-0.2, 0) is 38.5 Å². The third-order valence-electron chi connectivity index (χ3n) is 5.71. The van der Waals surface area contributed by atoms with E-state index < -0.39 is 12.0 Å². The van der Waals surface area contributed by atoms with Crippen molar-refractivity contribution >= 4 is 11.9 Å². The van der Waals surface area contributed by atoms with Gasteiger partial charge in [0.1, 0.15) is 6.04 Å². The van der Waals surface area contributed by atoms with Crippen LogP contribution in [0.1, 0.15) is 40.2 Å². The molecule has 4 N–H and O–H groups in total. The molecule has 8 nitrogen and oxygen atoms in total. The Bertz CT molecular complexity index is 1040. The van der Waals surface area contributed by atoms with Crippen LogP contribution >= 0.6 is 0 Å². The van der Waals surface area contributed by atoms with Gasteiger partial charge in [0.25, 0.3) is 5.91 Å². The largest absolute Gasteiger partial charge is 0.480 e. The van der Waals surface area contributed by atoms with Crippen molar-refractivity contribution in [1.29, 1.82) is 0 Å². The van der Waals surface area contributed by atoms with Crippen molar-refractivity contribution in [2.24, 2.45) is 14.1 Å². The van der Waals surface area contributed by atoms with E-state index in [2.05, 4.69) is 26.6 Å². The van der Waals surface area contributed by atoms with Crippen molar-refractivity contribution in [3.63, 3.8) is 0 Å². The molecule has 176 valence electrons. The quantitative estimate of drug-likeness (QED) is 0.299. The second-order valence-corrected chi connectivity index (χ2v) is 8.20. The number of aryl methyl sites for hydroxylation is 2. The van der Waals surface area contributed by atoms with Gasteiger partial charge in [0.05, 0.1) is 0 Å². The predicted molar refractivity (Wildman–Crippen MR) is 128 cm³/mol. The first-order valence-corrected chi connectivity index (χ1v) is 11.2. The summed E-state index contributed by atoms with van der Waals surface area (Å²) in [5, 5.41) is 18.8. The number of hydrogen-bond donors (Lipinski definition) is 4. The highest BCUT2D eigenvalue weighted by molar-refractivity contribution is 5.96. The van der Waals surface area contributed by atoms with Crippen molar-refractivity contribution in [3.05, 3.63) is 83.4 Å².